The minimum Gasteiger partial charge on any atom is -0.464 e. The van der Waals surface area contributed by atoms with Gasteiger partial charge in [0.05, 0.1) is 24.4 Å². The lowest BCUT2D eigenvalue weighted by molar-refractivity contribution is -0.116. The molecule has 1 N–H and O–H groups in total. The van der Waals surface area contributed by atoms with Gasteiger partial charge in [-0.2, -0.15) is 11.3 Å². The Morgan fingerprint density at radius 3 is 2.57 bits per heavy atom. The van der Waals surface area contributed by atoms with E-state index in [0.717, 1.165) is 11.1 Å². The Hall–Kier alpha value is -3.23. The molecule has 4 rings (SSSR count). The van der Waals surface area contributed by atoms with Crippen molar-refractivity contribution < 1.29 is 14.3 Å². The summed E-state index contributed by atoms with van der Waals surface area (Å²) in [4.78, 5) is 30.0. The van der Waals surface area contributed by atoms with Gasteiger partial charge in [0, 0.05) is 12.4 Å². The number of hydrogen-bond donors (Lipinski definition) is 1. The molecule has 1 atom stereocenters. The highest BCUT2D eigenvalue weighted by molar-refractivity contribution is 7.19. The van der Waals surface area contributed by atoms with Crippen molar-refractivity contribution in [3.8, 4) is 10.4 Å². The number of hydrogen-bond acceptors (Lipinski definition) is 6. The second-order valence-corrected chi connectivity index (χ2v) is 8.29. The number of aromatic nitrogens is 2. The van der Waals surface area contributed by atoms with E-state index in [0.29, 0.717) is 10.0 Å². The first kappa shape index (κ1) is 20.1. The van der Waals surface area contributed by atoms with E-state index >= 15 is 0 Å². The van der Waals surface area contributed by atoms with Crippen LogP contribution in [0.5, 0.6) is 0 Å². The van der Waals surface area contributed by atoms with Crippen LogP contribution in [0.25, 0.3) is 10.4 Å². The topological polar surface area (TPSA) is 73.2 Å². The van der Waals surface area contributed by atoms with Gasteiger partial charge in [0.15, 0.2) is 10.8 Å². The average molecular weight is 438 g/mol. The molecule has 0 saturated carbocycles. The van der Waals surface area contributed by atoms with Gasteiger partial charge >= 0.3 is 5.97 Å². The number of methoxy groups -OCH3 is 1. The van der Waals surface area contributed by atoms with E-state index in [1.807, 2.05) is 76.3 Å². The summed E-state index contributed by atoms with van der Waals surface area (Å²) >= 11 is 2.86. The number of benzene rings is 1. The van der Waals surface area contributed by atoms with Gasteiger partial charge in [0.2, 0.25) is 5.91 Å². The largest absolute Gasteiger partial charge is 0.464 e. The molecule has 152 valence electrons. The monoisotopic (exact) mass is 437 g/mol. The third-order valence-electron chi connectivity index (χ3n) is 4.58. The Balaban J connectivity index is 1.57. The SMILES string of the molecule is COC(=O)c1nc(NC(=O)CC(c2ccsc2)n2cccc2)sc1-c1ccccc1. The second kappa shape index (κ2) is 9.06. The highest BCUT2D eigenvalue weighted by atomic mass is 32.1. The van der Waals surface area contributed by atoms with Gasteiger partial charge in [-0.05, 0) is 40.1 Å². The number of nitrogens with zero attached hydrogens (tertiary/aromatic N) is 2. The van der Waals surface area contributed by atoms with Gasteiger partial charge in [-0.3, -0.25) is 4.79 Å². The molecule has 4 aromatic rings. The van der Waals surface area contributed by atoms with Crippen LogP contribution in [-0.4, -0.2) is 28.5 Å². The fraction of sp³-hybridized carbons (Fsp3) is 0.136. The van der Waals surface area contributed by atoms with Gasteiger partial charge in [0.25, 0.3) is 0 Å². The van der Waals surface area contributed by atoms with Crippen LogP contribution in [0.15, 0.2) is 71.7 Å². The molecular weight excluding hydrogens is 418 g/mol. The third kappa shape index (κ3) is 4.34. The van der Waals surface area contributed by atoms with Crippen LogP contribution in [0.2, 0.25) is 0 Å². The minimum absolute atomic E-state index is 0.111. The Bertz CT molecular complexity index is 1090. The van der Waals surface area contributed by atoms with Crippen molar-refractivity contribution in [1.29, 1.82) is 0 Å². The summed E-state index contributed by atoms with van der Waals surface area (Å²) in [5.41, 5.74) is 2.12. The highest BCUT2D eigenvalue weighted by Gasteiger charge is 2.23. The predicted molar refractivity (Wildman–Crippen MR) is 119 cm³/mol. The second-order valence-electron chi connectivity index (χ2n) is 6.51. The number of thiophene rings is 1. The van der Waals surface area contributed by atoms with E-state index < -0.39 is 5.97 Å². The Labute approximate surface area is 181 Å². The van der Waals surface area contributed by atoms with Gasteiger partial charge in [0.1, 0.15) is 0 Å². The molecule has 0 fully saturated rings. The van der Waals surface area contributed by atoms with Crippen molar-refractivity contribution in [3.63, 3.8) is 0 Å². The number of carbonyl (C=O) groups is 2. The lowest BCUT2D eigenvalue weighted by Crippen LogP contribution is -2.19. The van der Waals surface area contributed by atoms with Crippen LogP contribution >= 0.6 is 22.7 Å². The highest BCUT2D eigenvalue weighted by Crippen LogP contribution is 2.34. The molecule has 6 nitrogen and oxygen atoms in total. The number of carbonyl (C=O) groups excluding carboxylic acids is 2. The number of nitrogens with one attached hydrogen (secondary N) is 1. The molecule has 30 heavy (non-hydrogen) atoms. The summed E-state index contributed by atoms with van der Waals surface area (Å²) < 4.78 is 6.88. The minimum atomic E-state index is -0.533. The first-order valence-electron chi connectivity index (χ1n) is 9.24. The van der Waals surface area contributed by atoms with Crippen molar-refractivity contribution in [3.05, 3.63) is 82.9 Å². The first-order valence-corrected chi connectivity index (χ1v) is 11.0. The third-order valence-corrected chi connectivity index (χ3v) is 6.30. The summed E-state index contributed by atoms with van der Waals surface area (Å²) in [5, 5.41) is 7.27. The molecule has 0 aliphatic rings. The number of rotatable bonds is 7. The van der Waals surface area contributed by atoms with Crippen LogP contribution in [-0.2, 0) is 9.53 Å². The number of thiazole rings is 1. The van der Waals surface area contributed by atoms with Crippen LogP contribution < -0.4 is 5.32 Å². The zero-order valence-corrected chi connectivity index (χ0v) is 17.8. The molecule has 3 aromatic heterocycles. The van der Waals surface area contributed by atoms with E-state index in [4.69, 9.17) is 4.74 Å². The van der Waals surface area contributed by atoms with Gasteiger partial charge in [-0.15, -0.1) is 0 Å². The molecule has 0 bridgehead atoms. The van der Waals surface area contributed by atoms with Gasteiger partial charge in [-0.25, -0.2) is 9.78 Å². The number of amides is 1. The van der Waals surface area contributed by atoms with Crippen molar-refractivity contribution in [2.75, 3.05) is 12.4 Å². The van der Waals surface area contributed by atoms with Crippen molar-refractivity contribution in [1.82, 2.24) is 9.55 Å². The van der Waals surface area contributed by atoms with Crippen molar-refractivity contribution >= 4 is 39.7 Å². The van der Waals surface area contributed by atoms with Crippen LogP contribution in [0.1, 0.15) is 28.5 Å². The Morgan fingerprint density at radius 1 is 1.13 bits per heavy atom. The molecule has 0 radical (unpaired) electrons. The van der Waals surface area contributed by atoms with E-state index in [-0.39, 0.29) is 24.1 Å². The number of anilines is 1. The lowest BCUT2D eigenvalue weighted by Gasteiger charge is -2.17. The van der Waals surface area contributed by atoms with Gasteiger partial charge in [-0.1, -0.05) is 41.7 Å². The molecule has 1 amide bonds. The molecule has 8 heteroatoms. The van der Waals surface area contributed by atoms with E-state index in [1.54, 1.807) is 11.3 Å². The van der Waals surface area contributed by atoms with E-state index in [9.17, 15) is 9.59 Å². The summed E-state index contributed by atoms with van der Waals surface area (Å²) in [7, 11) is 1.32. The first-order chi connectivity index (χ1) is 14.7. The summed E-state index contributed by atoms with van der Waals surface area (Å²) in [6.07, 6.45) is 4.14. The van der Waals surface area contributed by atoms with E-state index in [2.05, 4.69) is 10.3 Å². The maximum atomic E-state index is 12.8. The summed E-state index contributed by atoms with van der Waals surface area (Å²) in [6, 6.07) is 15.2. The maximum Gasteiger partial charge on any atom is 0.358 e. The standard InChI is InChI=1S/C22H19N3O3S2/c1-28-21(27)19-20(15-7-3-2-4-8-15)30-22(24-19)23-18(26)13-17(16-9-12-29-14-16)25-10-5-6-11-25/h2-12,14,17H,13H2,1H3,(H,23,24,26). The zero-order chi connectivity index (χ0) is 20.9. The summed E-state index contributed by atoms with van der Waals surface area (Å²) in [6.45, 7) is 0. The normalized spacial score (nSPS) is 11.8. The fourth-order valence-corrected chi connectivity index (χ4v) is 4.84. The lowest BCUT2D eigenvalue weighted by atomic mass is 10.1. The fourth-order valence-electron chi connectivity index (χ4n) is 3.16. The molecule has 3 heterocycles. The molecule has 1 aromatic carbocycles. The van der Waals surface area contributed by atoms with E-state index in [1.165, 1.54) is 18.4 Å². The molecular formula is C22H19N3O3S2. The summed E-state index contributed by atoms with van der Waals surface area (Å²) in [5.74, 6) is -0.709. The van der Waals surface area contributed by atoms with Crippen LogP contribution in [0.3, 0.4) is 0 Å². The van der Waals surface area contributed by atoms with Crippen molar-refractivity contribution in [2.45, 2.75) is 12.5 Å². The molecule has 0 aliphatic carbocycles. The predicted octanol–water partition coefficient (Wildman–Crippen LogP) is 5.08. The zero-order valence-electron chi connectivity index (χ0n) is 16.1. The van der Waals surface area contributed by atoms with Gasteiger partial charge < -0.3 is 14.6 Å². The number of esters is 1. The van der Waals surface area contributed by atoms with Crippen LogP contribution in [0.4, 0.5) is 5.13 Å². The van der Waals surface area contributed by atoms with Crippen LogP contribution in [0, 0.1) is 0 Å². The molecule has 1 unspecified atom stereocenters. The molecule has 0 aliphatic heterocycles. The molecule has 0 spiro atoms. The van der Waals surface area contributed by atoms with Crippen molar-refractivity contribution in [2.24, 2.45) is 0 Å². The Kier molecular flexibility index (Phi) is 6.06. The number of ether oxygens (including phenoxy) is 1. The average Bonchev–Trinajstić information content (AvgIpc) is 3.54. The molecule has 0 saturated heterocycles. The Morgan fingerprint density at radius 2 is 1.90 bits per heavy atom. The quantitative estimate of drug-likeness (QED) is 0.409. The smallest absolute Gasteiger partial charge is 0.358 e. The maximum absolute atomic E-state index is 12.8.